The number of hydrogen-bond acceptors (Lipinski definition) is 5. The Hall–Kier alpha value is -3.01. The maximum Gasteiger partial charge on any atom is 0.425 e. The molecule has 5 nitrogen and oxygen atoms in total. The van der Waals surface area contributed by atoms with Crippen molar-refractivity contribution in [2.75, 3.05) is 18.0 Å². The SMILES string of the molecule is Cc1ccc(F)cc1C1=CCN(c2ncn(Cc3ccc(C(F)(F)F)s3)c(=O)n2)CC1. The van der Waals surface area contributed by atoms with Crippen molar-refractivity contribution >= 4 is 22.9 Å². The van der Waals surface area contributed by atoms with Crippen LogP contribution in [0.3, 0.4) is 0 Å². The minimum Gasteiger partial charge on any atom is -0.337 e. The van der Waals surface area contributed by atoms with E-state index in [9.17, 15) is 22.4 Å². The molecule has 0 aliphatic carbocycles. The number of alkyl halides is 3. The summed E-state index contributed by atoms with van der Waals surface area (Å²) in [5.74, 6) is -0.0290. The van der Waals surface area contributed by atoms with E-state index in [4.69, 9.17) is 0 Å². The molecule has 0 unspecified atom stereocenters. The lowest BCUT2D eigenvalue weighted by Gasteiger charge is -2.27. The number of hydrogen-bond donors (Lipinski definition) is 0. The second kappa shape index (κ2) is 8.26. The first kappa shape index (κ1) is 21.2. The number of benzene rings is 1. The summed E-state index contributed by atoms with van der Waals surface area (Å²) in [7, 11) is 0. The van der Waals surface area contributed by atoms with E-state index in [0.29, 0.717) is 35.7 Å². The molecule has 3 heterocycles. The Bertz CT molecular complexity index is 1200. The fraction of sp³-hybridized carbons (Fsp3) is 0.286. The first-order valence-electron chi connectivity index (χ1n) is 9.50. The molecule has 0 spiro atoms. The molecule has 2 aromatic heterocycles. The van der Waals surface area contributed by atoms with Crippen molar-refractivity contribution in [3.05, 3.63) is 79.9 Å². The number of thiophene rings is 1. The van der Waals surface area contributed by atoms with Crippen LogP contribution in [-0.2, 0) is 12.7 Å². The van der Waals surface area contributed by atoms with Crippen molar-refractivity contribution < 1.29 is 17.6 Å². The van der Waals surface area contributed by atoms with Crippen LogP contribution in [0, 0.1) is 12.7 Å². The van der Waals surface area contributed by atoms with Crippen LogP contribution in [0.25, 0.3) is 5.57 Å². The van der Waals surface area contributed by atoms with E-state index in [1.54, 1.807) is 6.07 Å². The number of aromatic nitrogens is 3. The first-order valence-corrected chi connectivity index (χ1v) is 10.3. The van der Waals surface area contributed by atoms with Gasteiger partial charge >= 0.3 is 11.9 Å². The highest BCUT2D eigenvalue weighted by molar-refractivity contribution is 7.12. The van der Waals surface area contributed by atoms with Crippen LogP contribution in [0.5, 0.6) is 0 Å². The summed E-state index contributed by atoms with van der Waals surface area (Å²) in [5.41, 5.74) is 2.30. The molecular weight excluding hydrogens is 432 g/mol. The Kier molecular flexibility index (Phi) is 5.65. The molecule has 162 valence electrons. The topological polar surface area (TPSA) is 51.0 Å². The lowest BCUT2D eigenvalue weighted by molar-refractivity contribution is -0.134. The molecule has 10 heteroatoms. The van der Waals surface area contributed by atoms with E-state index in [1.165, 1.54) is 29.1 Å². The smallest absolute Gasteiger partial charge is 0.337 e. The van der Waals surface area contributed by atoms with Crippen molar-refractivity contribution in [3.63, 3.8) is 0 Å². The van der Waals surface area contributed by atoms with Gasteiger partial charge in [0.05, 0.1) is 6.54 Å². The summed E-state index contributed by atoms with van der Waals surface area (Å²) in [5, 5.41) is 0. The Morgan fingerprint density at radius 1 is 1.19 bits per heavy atom. The van der Waals surface area contributed by atoms with Gasteiger partial charge in [-0.15, -0.1) is 11.3 Å². The highest BCUT2D eigenvalue weighted by Crippen LogP contribution is 2.34. The van der Waals surface area contributed by atoms with Crippen LogP contribution in [0.15, 0.2) is 47.5 Å². The van der Waals surface area contributed by atoms with Gasteiger partial charge < -0.3 is 4.90 Å². The molecule has 4 rings (SSSR count). The summed E-state index contributed by atoms with van der Waals surface area (Å²) in [6.07, 6.45) is -0.497. The molecule has 1 aliphatic heterocycles. The van der Waals surface area contributed by atoms with E-state index in [0.717, 1.165) is 22.8 Å². The fourth-order valence-corrected chi connectivity index (χ4v) is 4.30. The number of halogens is 4. The zero-order chi connectivity index (χ0) is 22.2. The van der Waals surface area contributed by atoms with Gasteiger partial charge in [0, 0.05) is 18.0 Å². The van der Waals surface area contributed by atoms with E-state index in [-0.39, 0.29) is 18.3 Å². The predicted molar refractivity (Wildman–Crippen MR) is 111 cm³/mol. The summed E-state index contributed by atoms with van der Waals surface area (Å²) in [6, 6.07) is 7.03. The number of rotatable bonds is 4. The highest BCUT2D eigenvalue weighted by Gasteiger charge is 2.32. The Morgan fingerprint density at radius 3 is 2.65 bits per heavy atom. The average Bonchev–Trinajstić information content (AvgIpc) is 3.21. The number of aryl methyl sites for hydroxylation is 1. The average molecular weight is 450 g/mol. The van der Waals surface area contributed by atoms with Crippen molar-refractivity contribution in [2.24, 2.45) is 0 Å². The number of nitrogens with zero attached hydrogens (tertiary/aromatic N) is 4. The monoisotopic (exact) mass is 450 g/mol. The maximum absolute atomic E-state index is 13.6. The van der Waals surface area contributed by atoms with Crippen LogP contribution in [0.2, 0.25) is 0 Å². The van der Waals surface area contributed by atoms with Gasteiger partial charge in [0.2, 0.25) is 5.95 Å². The lowest BCUT2D eigenvalue weighted by atomic mass is 9.95. The van der Waals surface area contributed by atoms with Gasteiger partial charge in [-0.25, -0.2) is 14.2 Å². The van der Waals surface area contributed by atoms with Gasteiger partial charge in [-0.05, 0) is 54.3 Å². The van der Waals surface area contributed by atoms with Crippen molar-refractivity contribution in [1.82, 2.24) is 14.5 Å². The molecule has 0 bridgehead atoms. The van der Waals surface area contributed by atoms with Gasteiger partial charge in [-0.3, -0.25) is 4.57 Å². The van der Waals surface area contributed by atoms with Crippen LogP contribution in [0.1, 0.15) is 27.3 Å². The molecule has 31 heavy (non-hydrogen) atoms. The molecular formula is C21H18F4N4OS. The van der Waals surface area contributed by atoms with Gasteiger partial charge in [0.15, 0.2) is 0 Å². The Labute approximate surface area is 179 Å². The van der Waals surface area contributed by atoms with Gasteiger partial charge in [0.1, 0.15) is 17.0 Å². The van der Waals surface area contributed by atoms with Crippen molar-refractivity contribution in [1.29, 1.82) is 0 Å². The van der Waals surface area contributed by atoms with Crippen LogP contribution >= 0.6 is 11.3 Å². The fourth-order valence-electron chi connectivity index (χ4n) is 3.43. The second-order valence-corrected chi connectivity index (χ2v) is 8.38. The standard InChI is InChI=1S/C21H18F4N4OS/c1-13-2-3-15(22)10-17(13)14-6-8-28(9-7-14)19-26-12-29(20(30)27-19)11-16-4-5-18(31-16)21(23,24)25/h2-6,10,12H,7-9,11H2,1H3. The molecule has 0 radical (unpaired) electrons. The zero-order valence-electron chi connectivity index (χ0n) is 16.5. The summed E-state index contributed by atoms with van der Waals surface area (Å²) >= 11 is 0.591. The van der Waals surface area contributed by atoms with Gasteiger partial charge in [-0.2, -0.15) is 18.2 Å². The third kappa shape index (κ3) is 4.68. The molecule has 0 fully saturated rings. The molecule has 3 aromatic rings. The molecule has 0 saturated carbocycles. The van der Waals surface area contributed by atoms with Crippen LogP contribution < -0.4 is 10.6 Å². The quantitative estimate of drug-likeness (QED) is 0.549. The summed E-state index contributed by atoms with van der Waals surface area (Å²) in [6.45, 7) is 2.93. The Balaban J connectivity index is 1.47. The third-order valence-electron chi connectivity index (χ3n) is 5.06. The van der Waals surface area contributed by atoms with E-state index in [2.05, 4.69) is 9.97 Å². The molecule has 1 aliphatic rings. The molecule has 0 atom stereocenters. The highest BCUT2D eigenvalue weighted by atomic mass is 32.1. The van der Waals surface area contributed by atoms with Crippen molar-refractivity contribution in [2.45, 2.75) is 26.1 Å². The van der Waals surface area contributed by atoms with E-state index >= 15 is 0 Å². The molecule has 0 N–H and O–H groups in total. The summed E-state index contributed by atoms with van der Waals surface area (Å²) in [4.78, 5) is 22.1. The largest absolute Gasteiger partial charge is 0.425 e. The van der Waals surface area contributed by atoms with Gasteiger partial charge in [0.25, 0.3) is 0 Å². The van der Waals surface area contributed by atoms with Gasteiger partial charge in [-0.1, -0.05) is 12.1 Å². The van der Waals surface area contributed by atoms with E-state index < -0.39 is 16.7 Å². The van der Waals surface area contributed by atoms with E-state index in [1.807, 2.05) is 17.9 Å². The second-order valence-electron chi connectivity index (χ2n) is 7.22. The van der Waals surface area contributed by atoms with Crippen molar-refractivity contribution in [3.8, 4) is 0 Å². The van der Waals surface area contributed by atoms with Crippen LogP contribution in [0.4, 0.5) is 23.5 Å². The third-order valence-corrected chi connectivity index (χ3v) is 6.17. The number of anilines is 1. The molecule has 0 amide bonds. The molecule has 1 aromatic carbocycles. The first-order chi connectivity index (χ1) is 14.7. The maximum atomic E-state index is 13.6. The minimum absolute atomic E-state index is 0.0250. The minimum atomic E-state index is -4.40. The summed E-state index contributed by atoms with van der Waals surface area (Å²) < 4.78 is 53.0. The Morgan fingerprint density at radius 2 is 2.00 bits per heavy atom. The normalized spacial score (nSPS) is 14.6. The molecule has 0 saturated heterocycles. The zero-order valence-corrected chi connectivity index (χ0v) is 17.3. The predicted octanol–water partition coefficient (Wildman–Crippen LogP) is 4.51. The van der Waals surface area contributed by atoms with Crippen LogP contribution in [-0.4, -0.2) is 27.6 Å². The lowest BCUT2D eigenvalue weighted by Crippen LogP contribution is -2.34.